The van der Waals surface area contributed by atoms with E-state index in [9.17, 15) is 13.2 Å². The van der Waals surface area contributed by atoms with Crippen molar-refractivity contribution >= 4 is 10.2 Å². The van der Waals surface area contributed by atoms with Crippen LogP contribution in [0.15, 0.2) is 41.5 Å². The third-order valence-electron chi connectivity index (χ3n) is 5.41. The molecule has 2 saturated heterocycles. The fraction of sp³-hybridized carbons (Fsp3) is 0.526. The average molecular weight is 435 g/mol. The van der Waals surface area contributed by atoms with Gasteiger partial charge in [-0.15, -0.1) is 0 Å². The first-order chi connectivity index (χ1) is 14.5. The Morgan fingerprint density at radius 1 is 0.933 bits per heavy atom. The summed E-state index contributed by atoms with van der Waals surface area (Å²) in [6.07, 6.45) is 3.41. The summed E-state index contributed by atoms with van der Waals surface area (Å²) in [6.45, 7) is 4.92. The van der Waals surface area contributed by atoms with Crippen molar-refractivity contribution in [2.24, 2.45) is 0 Å². The minimum absolute atomic E-state index is 0.156. The van der Waals surface area contributed by atoms with Crippen LogP contribution < -0.4 is 5.56 Å². The van der Waals surface area contributed by atoms with E-state index in [1.165, 1.54) is 15.1 Å². The van der Waals surface area contributed by atoms with E-state index in [2.05, 4.69) is 15.0 Å². The van der Waals surface area contributed by atoms with Crippen LogP contribution >= 0.6 is 0 Å². The normalized spacial score (nSPS) is 19.7. The predicted molar refractivity (Wildman–Crippen MR) is 111 cm³/mol. The van der Waals surface area contributed by atoms with Crippen LogP contribution in [0.4, 0.5) is 0 Å². The summed E-state index contributed by atoms with van der Waals surface area (Å²) >= 11 is 0. The second kappa shape index (κ2) is 9.31. The van der Waals surface area contributed by atoms with Gasteiger partial charge in [0, 0.05) is 69.8 Å². The lowest BCUT2D eigenvalue weighted by Gasteiger charge is -2.37. The minimum Gasteiger partial charge on any atom is -0.379 e. The van der Waals surface area contributed by atoms with Crippen LogP contribution in [0.1, 0.15) is 0 Å². The van der Waals surface area contributed by atoms with E-state index in [0.29, 0.717) is 71.3 Å². The molecule has 0 saturated carbocycles. The van der Waals surface area contributed by atoms with Gasteiger partial charge in [0.05, 0.1) is 25.5 Å². The van der Waals surface area contributed by atoms with E-state index in [-0.39, 0.29) is 5.56 Å². The summed E-state index contributed by atoms with van der Waals surface area (Å²) in [5.41, 5.74) is 1.40. The summed E-state index contributed by atoms with van der Waals surface area (Å²) in [5.74, 6) is 0. The summed E-state index contributed by atoms with van der Waals surface area (Å²) in [4.78, 5) is 18.5. The molecule has 2 fully saturated rings. The minimum atomic E-state index is -3.43. The molecular formula is C19H26N6O4S. The number of morpholine rings is 1. The molecule has 0 atom stereocenters. The molecular weight excluding hydrogens is 408 g/mol. The quantitative estimate of drug-likeness (QED) is 0.604. The van der Waals surface area contributed by atoms with Crippen LogP contribution in [0.3, 0.4) is 0 Å². The van der Waals surface area contributed by atoms with E-state index in [1.807, 2.05) is 12.1 Å². The number of hydrogen-bond donors (Lipinski definition) is 0. The fourth-order valence-corrected chi connectivity index (χ4v) is 5.20. The molecule has 0 spiro atoms. The molecule has 0 unspecified atom stereocenters. The molecule has 30 heavy (non-hydrogen) atoms. The van der Waals surface area contributed by atoms with Gasteiger partial charge in [-0.1, -0.05) is 0 Å². The number of piperazine rings is 1. The molecule has 0 bridgehead atoms. The van der Waals surface area contributed by atoms with Crippen molar-refractivity contribution in [1.29, 1.82) is 0 Å². The fourth-order valence-electron chi connectivity index (χ4n) is 3.64. The van der Waals surface area contributed by atoms with E-state index in [0.717, 1.165) is 5.56 Å². The van der Waals surface area contributed by atoms with Gasteiger partial charge in [0.15, 0.2) is 0 Å². The number of rotatable bonds is 6. The molecule has 2 aromatic rings. The third-order valence-corrected chi connectivity index (χ3v) is 7.44. The molecule has 11 heteroatoms. The average Bonchev–Trinajstić information content (AvgIpc) is 2.80. The highest BCUT2D eigenvalue weighted by Gasteiger charge is 2.33. The first-order valence-electron chi connectivity index (χ1n) is 10.1. The van der Waals surface area contributed by atoms with Crippen molar-refractivity contribution < 1.29 is 13.2 Å². The van der Waals surface area contributed by atoms with E-state index >= 15 is 0 Å². The Bertz CT molecular complexity index is 999. The zero-order chi connectivity index (χ0) is 21.0. The van der Waals surface area contributed by atoms with Gasteiger partial charge >= 0.3 is 0 Å². The van der Waals surface area contributed by atoms with Crippen molar-refractivity contribution in [2.75, 3.05) is 59.0 Å². The van der Waals surface area contributed by atoms with Crippen LogP contribution in [0.25, 0.3) is 11.3 Å². The van der Waals surface area contributed by atoms with E-state index in [1.54, 1.807) is 22.8 Å². The second-order valence-electron chi connectivity index (χ2n) is 7.28. The van der Waals surface area contributed by atoms with Crippen molar-refractivity contribution in [2.45, 2.75) is 6.54 Å². The molecule has 0 radical (unpaired) electrons. The molecule has 2 aromatic heterocycles. The standard InChI is InChI=1S/C19H26N6O4S/c26-19-4-3-18(17-2-1-5-20-16-17)21-25(19)11-8-22-6-9-23(10-7-22)30(27,28)24-12-14-29-15-13-24/h1-5,16H,6-15H2. The first-order valence-corrected chi connectivity index (χ1v) is 11.5. The van der Waals surface area contributed by atoms with Crippen molar-refractivity contribution in [3.05, 3.63) is 47.0 Å². The molecule has 4 heterocycles. The molecule has 0 aliphatic carbocycles. The van der Waals surface area contributed by atoms with Gasteiger partial charge in [-0.2, -0.15) is 22.1 Å². The Hall–Kier alpha value is -2.18. The lowest BCUT2D eigenvalue weighted by molar-refractivity contribution is 0.0684. The predicted octanol–water partition coefficient (Wildman–Crippen LogP) is -0.500. The highest BCUT2D eigenvalue weighted by atomic mass is 32.2. The molecule has 162 valence electrons. The smallest absolute Gasteiger partial charge is 0.282 e. The van der Waals surface area contributed by atoms with Crippen molar-refractivity contribution in [3.63, 3.8) is 0 Å². The SMILES string of the molecule is O=c1ccc(-c2cccnc2)nn1CCN1CCN(S(=O)(=O)N2CCOCC2)CC1. The Kier molecular flexibility index (Phi) is 6.54. The Labute approximate surface area is 175 Å². The van der Waals surface area contributed by atoms with Crippen LogP contribution in [0.5, 0.6) is 0 Å². The van der Waals surface area contributed by atoms with E-state index in [4.69, 9.17) is 4.74 Å². The molecule has 10 nitrogen and oxygen atoms in total. The van der Waals surface area contributed by atoms with Gasteiger partial charge in [-0.3, -0.25) is 14.7 Å². The van der Waals surface area contributed by atoms with Crippen molar-refractivity contribution in [1.82, 2.24) is 28.3 Å². The lowest BCUT2D eigenvalue weighted by atomic mass is 10.2. The molecule has 4 rings (SSSR count). The topological polar surface area (TPSA) is 101 Å². The third kappa shape index (κ3) is 4.76. The maximum Gasteiger partial charge on any atom is 0.282 e. The number of ether oxygens (including phenoxy) is 1. The highest BCUT2D eigenvalue weighted by molar-refractivity contribution is 7.86. The monoisotopic (exact) mass is 434 g/mol. The summed E-state index contributed by atoms with van der Waals surface area (Å²) in [6, 6.07) is 6.95. The second-order valence-corrected chi connectivity index (χ2v) is 9.21. The Morgan fingerprint density at radius 3 is 2.37 bits per heavy atom. The highest BCUT2D eigenvalue weighted by Crippen LogP contribution is 2.15. The number of aromatic nitrogens is 3. The maximum absolute atomic E-state index is 12.8. The number of pyridine rings is 1. The van der Waals surface area contributed by atoms with Gasteiger partial charge in [0.1, 0.15) is 0 Å². The Morgan fingerprint density at radius 2 is 1.67 bits per heavy atom. The van der Waals surface area contributed by atoms with Crippen LogP contribution in [0, 0.1) is 0 Å². The van der Waals surface area contributed by atoms with Gasteiger partial charge in [0.2, 0.25) is 0 Å². The summed E-state index contributed by atoms with van der Waals surface area (Å²) in [5, 5.41) is 4.46. The largest absolute Gasteiger partial charge is 0.379 e. The Balaban J connectivity index is 1.33. The van der Waals surface area contributed by atoms with Crippen molar-refractivity contribution in [3.8, 4) is 11.3 Å². The summed E-state index contributed by atoms with van der Waals surface area (Å²) in [7, 11) is -3.43. The van der Waals surface area contributed by atoms with E-state index < -0.39 is 10.2 Å². The number of nitrogens with zero attached hydrogens (tertiary/aromatic N) is 6. The van der Waals surface area contributed by atoms with Gasteiger partial charge < -0.3 is 4.74 Å². The summed E-state index contributed by atoms with van der Waals surface area (Å²) < 4.78 is 35.3. The molecule has 0 N–H and O–H groups in total. The van der Waals surface area contributed by atoms with Gasteiger partial charge in [0.25, 0.3) is 15.8 Å². The van der Waals surface area contributed by atoms with Crippen LogP contribution in [-0.4, -0.2) is 95.7 Å². The zero-order valence-corrected chi connectivity index (χ0v) is 17.6. The molecule has 2 aliphatic rings. The van der Waals surface area contributed by atoms with Crippen LogP contribution in [-0.2, 0) is 21.5 Å². The zero-order valence-electron chi connectivity index (χ0n) is 16.8. The molecule has 2 aliphatic heterocycles. The maximum atomic E-state index is 12.8. The molecule has 0 amide bonds. The lowest BCUT2D eigenvalue weighted by Crippen LogP contribution is -2.55. The van der Waals surface area contributed by atoms with Crippen LogP contribution in [0.2, 0.25) is 0 Å². The van der Waals surface area contributed by atoms with Gasteiger partial charge in [-0.25, -0.2) is 4.68 Å². The van der Waals surface area contributed by atoms with Gasteiger partial charge in [-0.05, 0) is 18.2 Å². The number of hydrogen-bond acceptors (Lipinski definition) is 7. The first kappa shape index (κ1) is 21.1. The molecule has 0 aromatic carbocycles.